The van der Waals surface area contributed by atoms with Gasteiger partial charge in [0.2, 0.25) is 0 Å². The number of benzene rings is 2. The molecule has 0 aliphatic heterocycles. The molecule has 8 nitrogen and oxygen atoms in total. The molecule has 0 radical (unpaired) electrons. The molecule has 0 spiro atoms. The van der Waals surface area contributed by atoms with Crippen LogP contribution in [0.3, 0.4) is 0 Å². The van der Waals surface area contributed by atoms with Gasteiger partial charge in [-0.3, -0.25) is 0 Å². The van der Waals surface area contributed by atoms with E-state index >= 15 is 0 Å². The van der Waals surface area contributed by atoms with Gasteiger partial charge in [-0.1, -0.05) is 80.3 Å². The van der Waals surface area contributed by atoms with E-state index in [-0.39, 0.29) is 0 Å². The molecule has 8 heteroatoms. The number of oxime groups is 2. The minimum absolute atomic E-state index is 0.658. The summed E-state index contributed by atoms with van der Waals surface area (Å²) in [4.78, 5) is 9.69. The molecule has 2 heterocycles. The zero-order valence-electron chi connectivity index (χ0n) is 19.3. The average Bonchev–Trinajstić information content (AvgIpc) is 3.50. The fourth-order valence-corrected chi connectivity index (χ4v) is 2.94. The first kappa shape index (κ1) is 23.5. The van der Waals surface area contributed by atoms with E-state index in [1.54, 1.807) is 12.3 Å². The molecule has 4 aromatic rings. The summed E-state index contributed by atoms with van der Waals surface area (Å²) in [7, 11) is 3.03. The molecule has 0 atom stereocenters. The summed E-state index contributed by atoms with van der Waals surface area (Å²) in [5.74, 6) is 0. The van der Waals surface area contributed by atoms with Crippen LogP contribution in [0.2, 0.25) is 0 Å². The number of aryl methyl sites for hydroxylation is 3. The van der Waals surface area contributed by atoms with E-state index in [0.717, 1.165) is 16.7 Å². The van der Waals surface area contributed by atoms with Crippen LogP contribution in [-0.4, -0.2) is 36.0 Å². The molecule has 0 fully saturated rings. The second-order valence-corrected chi connectivity index (χ2v) is 7.21. The predicted molar refractivity (Wildman–Crippen MR) is 125 cm³/mol. The van der Waals surface area contributed by atoms with Crippen LogP contribution < -0.4 is 0 Å². The van der Waals surface area contributed by atoms with Gasteiger partial charge in [0.1, 0.15) is 49.6 Å². The Balaban J connectivity index is 0.000000186. The van der Waals surface area contributed by atoms with E-state index in [1.807, 2.05) is 69.3 Å². The largest absolute Gasteiger partial charge is 0.399 e. The minimum atomic E-state index is 0.658. The first-order chi connectivity index (χ1) is 16.0. The van der Waals surface area contributed by atoms with Crippen molar-refractivity contribution >= 4 is 11.4 Å². The molecule has 0 bridgehead atoms. The van der Waals surface area contributed by atoms with Crippen LogP contribution in [0.15, 0.2) is 86.5 Å². The molecule has 0 aliphatic rings. The van der Waals surface area contributed by atoms with Crippen LogP contribution in [-0.2, 0) is 9.68 Å². The van der Waals surface area contributed by atoms with Gasteiger partial charge < -0.3 is 18.7 Å². The lowest BCUT2D eigenvalue weighted by atomic mass is 10.0. The van der Waals surface area contributed by atoms with Crippen molar-refractivity contribution in [2.75, 3.05) is 14.2 Å². The van der Waals surface area contributed by atoms with Gasteiger partial charge in [0.05, 0.1) is 0 Å². The number of aromatic nitrogens is 2. The fourth-order valence-electron chi connectivity index (χ4n) is 2.94. The number of nitrogens with zero attached hydrogens (tertiary/aromatic N) is 4. The molecular formula is C25H26N4O4. The SMILES string of the molecule is CO/N=C(\c1ccc(C)cc1)c1ccon1.CO/N=C(\c1ccc(C)cc1)c1nocc1C. The monoisotopic (exact) mass is 446 g/mol. The Labute approximate surface area is 192 Å². The van der Waals surface area contributed by atoms with E-state index < -0.39 is 0 Å². The van der Waals surface area contributed by atoms with Crippen molar-refractivity contribution in [3.05, 3.63) is 106 Å². The van der Waals surface area contributed by atoms with Gasteiger partial charge in [0.15, 0.2) is 0 Å². The van der Waals surface area contributed by atoms with Gasteiger partial charge in [0.25, 0.3) is 0 Å². The number of hydrogen-bond donors (Lipinski definition) is 0. The Morgan fingerprint density at radius 3 is 1.70 bits per heavy atom. The quantitative estimate of drug-likeness (QED) is 0.303. The standard InChI is InChI=1S/C13H14N2O2.C12H12N2O2/c1-9-4-6-11(7-5-9)13(14-16-3)12-10(2)8-17-15-12;1-9-3-5-10(6-4-9)12(14-15-2)11-7-8-16-13-11/h4-8H,1-3H3;3-8H,1-2H3/b14-13+;14-12+. The molecule has 0 N–H and O–H groups in total. The molecule has 170 valence electrons. The molecule has 2 aromatic heterocycles. The van der Waals surface area contributed by atoms with Gasteiger partial charge in [-0.05, 0) is 20.8 Å². The van der Waals surface area contributed by atoms with Crippen molar-refractivity contribution in [3.63, 3.8) is 0 Å². The first-order valence-corrected chi connectivity index (χ1v) is 10.2. The van der Waals surface area contributed by atoms with Gasteiger partial charge in [0, 0.05) is 22.8 Å². The lowest BCUT2D eigenvalue weighted by molar-refractivity contribution is 0.213. The molecular weight excluding hydrogens is 420 g/mol. The topological polar surface area (TPSA) is 95.2 Å². The highest BCUT2D eigenvalue weighted by Gasteiger charge is 2.14. The van der Waals surface area contributed by atoms with E-state index in [2.05, 4.69) is 20.6 Å². The van der Waals surface area contributed by atoms with Gasteiger partial charge in [-0.25, -0.2) is 0 Å². The highest BCUT2D eigenvalue weighted by molar-refractivity contribution is 6.12. The molecule has 0 unspecified atom stereocenters. The van der Waals surface area contributed by atoms with Crippen LogP contribution in [0.25, 0.3) is 0 Å². The maximum atomic E-state index is 4.93. The highest BCUT2D eigenvalue weighted by atomic mass is 16.6. The zero-order valence-corrected chi connectivity index (χ0v) is 19.3. The van der Waals surface area contributed by atoms with E-state index in [0.29, 0.717) is 22.8 Å². The highest BCUT2D eigenvalue weighted by Crippen LogP contribution is 2.14. The van der Waals surface area contributed by atoms with Crippen LogP contribution in [0.1, 0.15) is 39.2 Å². The lowest BCUT2D eigenvalue weighted by Crippen LogP contribution is -2.06. The third-order valence-electron chi connectivity index (χ3n) is 4.67. The third kappa shape index (κ3) is 6.16. The molecule has 0 amide bonds. The molecule has 0 aliphatic carbocycles. The fraction of sp³-hybridized carbons (Fsp3) is 0.200. The smallest absolute Gasteiger partial charge is 0.139 e. The number of rotatable bonds is 6. The average molecular weight is 447 g/mol. The summed E-state index contributed by atoms with van der Waals surface area (Å²) in [6, 6.07) is 17.7. The Morgan fingerprint density at radius 2 is 1.24 bits per heavy atom. The zero-order chi connectivity index (χ0) is 23.6. The molecule has 33 heavy (non-hydrogen) atoms. The Morgan fingerprint density at radius 1 is 0.697 bits per heavy atom. The normalized spacial score (nSPS) is 11.5. The maximum Gasteiger partial charge on any atom is 0.139 e. The predicted octanol–water partition coefficient (Wildman–Crippen LogP) is 5.07. The summed E-state index contributed by atoms with van der Waals surface area (Å²) in [5.41, 5.74) is 7.93. The Kier molecular flexibility index (Phi) is 8.13. The summed E-state index contributed by atoms with van der Waals surface area (Å²) in [6.07, 6.45) is 3.10. The van der Waals surface area contributed by atoms with Gasteiger partial charge in [-0.15, -0.1) is 0 Å². The van der Waals surface area contributed by atoms with Crippen LogP contribution >= 0.6 is 0 Å². The van der Waals surface area contributed by atoms with E-state index in [4.69, 9.17) is 18.7 Å². The van der Waals surface area contributed by atoms with Crippen molar-refractivity contribution < 1.29 is 18.7 Å². The second kappa shape index (κ2) is 11.4. The van der Waals surface area contributed by atoms with Crippen molar-refractivity contribution in [1.82, 2.24) is 10.3 Å². The Hall–Kier alpha value is -4.20. The van der Waals surface area contributed by atoms with Crippen molar-refractivity contribution in [2.24, 2.45) is 10.3 Å². The van der Waals surface area contributed by atoms with E-state index in [9.17, 15) is 0 Å². The first-order valence-electron chi connectivity index (χ1n) is 10.2. The lowest BCUT2D eigenvalue weighted by Gasteiger charge is -2.03. The van der Waals surface area contributed by atoms with Gasteiger partial charge in [-0.2, -0.15) is 0 Å². The minimum Gasteiger partial charge on any atom is -0.399 e. The van der Waals surface area contributed by atoms with Crippen LogP contribution in [0.5, 0.6) is 0 Å². The van der Waals surface area contributed by atoms with Crippen molar-refractivity contribution in [2.45, 2.75) is 20.8 Å². The molecule has 4 rings (SSSR count). The molecule has 0 saturated heterocycles. The van der Waals surface area contributed by atoms with Crippen LogP contribution in [0, 0.1) is 20.8 Å². The van der Waals surface area contributed by atoms with Gasteiger partial charge >= 0.3 is 0 Å². The van der Waals surface area contributed by atoms with Crippen molar-refractivity contribution in [3.8, 4) is 0 Å². The third-order valence-corrected chi connectivity index (χ3v) is 4.67. The summed E-state index contributed by atoms with van der Waals surface area (Å²) < 4.78 is 9.73. The maximum absolute atomic E-state index is 4.93. The summed E-state index contributed by atoms with van der Waals surface area (Å²) in [6.45, 7) is 6.00. The molecule has 0 saturated carbocycles. The summed E-state index contributed by atoms with van der Waals surface area (Å²) in [5, 5.41) is 15.8. The number of hydrogen-bond acceptors (Lipinski definition) is 8. The molecule has 2 aromatic carbocycles. The summed E-state index contributed by atoms with van der Waals surface area (Å²) >= 11 is 0. The van der Waals surface area contributed by atoms with Crippen molar-refractivity contribution in [1.29, 1.82) is 0 Å². The van der Waals surface area contributed by atoms with Crippen LogP contribution in [0.4, 0.5) is 0 Å². The second-order valence-electron chi connectivity index (χ2n) is 7.21. The Bertz CT molecular complexity index is 1190. The van der Waals surface area contributed by atoms with E-state index in [1.165, 1.54) is 31.6 Å².